The highest BCUT2D eigenvalue weighted by Gasteiger charge is 2.20. The van der Waals surface area contributed by atoms with Crippen LogP contribution in [-0.2, 0) is 27.7 Å². The summed E-state index contributed by atoms with van der Waals surface area (Å²) >= 11 is 0. The molecule has 2 aromatic carbocycles. The average molecular weight is 375 g/mol. The Balaban J connectivity index is 1.90. The lowest BCUT2D eigenvalue weighted by Crippen LogP contribution is -2.40. The summed E-state index contributed by atoms with van der Waals surface area (Å²) in [6.07, 6.45) is 3.67. The van der Waals surface area contributed by atoms with Crippen LogP contribution >= 0.6 is 0 Å². The van der Waals surface area contributed by atoms with Crippen LogP contribution in [0.15, 0.2) is 54.6 Å². The van der Waals surface area contributed by atoms with Crippen LogP contribution < -0.4 is 9.62 Å². The molecule has 0 aromatic heterocycles. The number of nitrogens with one attached hydrogen (secondary N) is 1. The molecule has 0 aliphatic carbocycles. The fourth-order valence-electron chi connectivity index (χ4n) is 2.65. The van der Waals surface area contributed by atoms with E-state index in [-0.39, 0.29) is 12.5 Å². The van der Waals surface area contributed by atoms with Gasteiger partial charge in [0.1, 0.15) is 6.54 Å². The Morgan fingerprint density at radius 2 is 1.65 bits per heavy atom. The van der Waals surface area contributed by atoms with E-state index >= 15 is 0 Å². The molecular formula is C20H26N2O3S. The lowest BCUT2D eigenvalue weighted by atomic mass is 10.1. The summed E-state index contributed by atoms with van der Waals surface area (Å²) in [5, 5.41) is 2.80. The number of hydrogen-bond acceptors (Lipinski definition) is 3. The summed E-state index contributed by atoms with van der Waals surface area (Å²) in [5.41, 5.74) is 2.84. The summed E-state index contributed by atoms with van der Waals surface area (Å²) in [6, 6.07) is 17.3. The Hall–Kier alpha value is -2.34. The van der Waals surface area contributed by atoms with Gasteiger partial charge in [-0.05, 0) is 42.5 Å². The molecule has 0 fully saturated rings. The number of carbonyl (C=O) groups is 1. The molecule has 0 aliphatic heterocycles. The first-order valence-corrected chi connectivity index (χ1v) is 10.6. The minimum Gasteiger partial charge on any atom is -0.355 e. The van der Waals surface area contributed by atoms with Crippen LogP contribution in [0.1, 0.15) is 24.5 Å². The lowest BCUT2D eigenvalue weighted by Gasteiger charge is -2.22. The predicted octanol–water partition coefficient (Wildman–Crippen LogP) is 2.76. The first kappa shape index (κ1) is 20.0. The molecule has 0 saturated heterocycles. The maximum absolute atomic E-state index is 12.2. The van der Waals surface area contributed by atoms with Crippen LogP contribution in [0.25, 0.3) is 0 Å². The molecule has 6 heteroatoms. The van der Waals surface area contributed by atoms with Gasteiger partial charge in [0.25, 0.3) is 0 Å². The van der Waals surface area contributed by atoms with Gasteiger partial charge in [-0.15, -0.1) is 0 Å². The molecule has 0 atom stereocenters. The highest BCUT2D eigenvalue weighted by Crippen LogP contribution is 2.18. The summed E-state index contributed by atoms with van der Waals surface area (Å²) in [5.74, 6) is -0.303. The maximum atomic E-state index is 12.2. The molecule has 0 spiro atoms. The number of sulfonamides is 1. The third kappa shape index (κ3) is 6.19. The highest BCUT2D eigenvalue weighted by atomic mass is 32.2. The van der Waals surface area contributed by atoms with Gasteiger partial charge < -0.3 is 5.32 Å². The number of benzene rings is 2. The van der Waals surface area contributed by atoms with E-state index in [0.29, 0.717) is 12.2 Å². The van der Waals surface area contributed by atoms with Crippen molar-refractivity contribution in [2.75, 3.05) is 23.7 Å². The third-order valence-corrected chi connectivity index (χ3v) is 5.27. The van der Waals surface area contributed by atoms with Crippen molar-refractivity contribution in [3.8, 4) is 0 Å². The fraction of sp³-hybridized carbons (Fsp3) is 0.350. The molecule has 0 unspecified atom stereocenters. The van der Waals surface area contributed by atoms with Crippen LogP contribution in [0, 0.1) is 0 Å². The molecule has 0 heterocycles. The van der Waals surface area contributed by atoms with E-state index in [1.54, 1.807) is 12.1 Å². The summed E-state index contributed by atoms with van der Waals surface area (Å²) in [4.78, 5) is 12.2. The molecular weight excluding hydrogens is 348 g/mol. The van der Waals surface area contributed by atoms with E-state index in [2.05, 4.69) is 5.32 Å². The molecule has 0 bridgehead atoms. The van der Waals surface area contributed by atoms with E-state index in [1.165, 1.54) is 5.56 Å². The number of rotatable bonds is 9. The van der Waals surface area contributed by atoms with Gasteiger partial charge in [-0.25, -0.2) is 8.42 Å². The Bertz CT molecular complexity index is 803. The van der Waals surface area contributed by atoms with Gasteiger partial charge in [-0.3, -0.25) is 9.10 Å². The van der Waals surface area contributed by atoms with Crippen molar-refractivity contribution < 1.29 is 13.2 Å². The van der Waals surface area contributed by atoms with Gasteiger partial charge in [-0.2, -0.15) is 0 Å². The third-order valence-electron chi connectivity index (χ3n) is 4.13. The van der Waals surface area contributed by atoms with Crippen molar-refractivity contribution in [3.05, 3.63) is 65.7 Å². The number of nitrogens with zero attached hydrogens (tertiary/aromatic N) is 1. The topological polar surface area (TPSA) is 66.5 Å². The van der Waals surface area contributed by atoms with Crippen molar-refractivity contribution >= 4 is 21.6 Å². The van der Waals surface area contributed by atoms with Gasteiger partial charge in [0.15, 0.2) is 0 Å². The van der Waals surface area contributed by atoms with Gasteiger partial charge in [-0.1, -0.05) is 49.4 Å². The van der Waals surface area contributed by atoms with E-state index in [9.17, 15) is 13.2 Å². The van der Waals surface area contributed by atoms with Crippen molar-refractivity contribution in [1.29, 1.82) is 0 Å². The standard InChI is InChI=1S/C20H26N2O3S/c1-3-17-11-13-19(14-12-17)22(26(2,24)25)16-20(23)21-15-7-10-18-8-5-4-6-9-18/h4-6,8-9,11-14H,3,7,10,15-16H2,1-2H3,(H,21,23). The van der Waals surface area contributed by atoms with Crippen LogP contribution in [0.4, 0.5) is 5.69 Å². The summed E-state index contributed by atoms with van der Waals surface area (Å²) < 4.78 is 25.3. The molecule has 0 aliphatic rings. The molecule has 140 valence electrons. The molecule has 26 heavy (non-hydrogen) atoms. The predicted molar refractivity (Wildman–Crippen MR) is 106 cm³/mol. The zero-order valence-electron chi connectivity index (χ0n) is 15.3. The molecule has 2 rings (SSSR count). The Morgan fingerprint density at radius 1 is 1.00 bits per heavy atom. The smallest absolute Gasteiger partial charge is 0.240 e. The number of hydrogen-bond donors (Lipinski definition) is 1. The van der Waals surface area contributed by atoms with Gasteiger partial charge in [0.05, 0.1) is 11.9 Å². The normalized spacial score (nSPS) is 11.2. The largest absolute Gasteiger partial charge is 0.355 e. The minimum absolute atomic E-state index is 0.213. The van der Waals surface area contributed by atoms with Crippen molar-refractivity contribution in [2.24, 2.45) is 0 Å². The number of aryl methyl sites for hydroxylation is 2. The molecule has 0 radical (unpaired) electrons. The van der Waals surface area contributed by atoms with Crippen LogP contribution in [0.3, 0.4) is 0 Å². The van der Waals surface area contributed by atoms with E-state index in [0.717, 1.165) is 35.4 Å². The van der Waals surface area contributed by atoms with E-state index in [4.69, 9.17) is 0 Å². The molecule has 1 amide bonds. The number of amides is 1. The quantitative estimate of drug-likeness (QED) is 0.687. The monoisotopic (exact) mass is 374 g/mol. The fourth-order valence-corrected chi connectivity index (χ4v) is 3.51. The second-order valence-corrected chi connectivity index (χ2v) is 8.14. The number of anilines is 1. The maximum Gasteiger partial charge on any atom is 0.240 e. The van der Waals surface area contributed by atoms with E-state index in [1.807, 2.05) is 49.4 Å². The second-order valence-electron chi connectivity index (χ2n) is 6.23. The average Bonchev–Trinajstić information content (AvgIpc) is 2.63. The summed E-state index contributed by atoms with van der Waals surface area (Å²) in [6.45, 7) is 2.34. The zero-order chi connectivity index (χ0) is 19.0. The first-order chi connectivity index (χ1) is 12.4. The highest BCUT2D eigenvalue weighted by molar-refractivity contribution is 7.92. The summed E-state index contributed by atoms with van der Waals surface area (Å²) in [7, 11) is -3.53. The Morgan fingerprint density at radius 3 is 2.23 bits per heavy atom. The Labute approximate surface area is 156 Å². The SMILES string of the molecule is CCc1ccc(N(CC(=O)NCCCc2ccccc2)S(C)(=O)=O)cc1. The van der Waals surface area contributed by atoms with Crippen molar-refractivity contribution in [1.82, 2.24) is 5.32 Å². The van der Waals surface area contributed by atoms with Crippen LogP contribution in [0.2, 0.25) is 0 Å². The lowest BCUT2D eigenvalue weighted by molar-refractivity contribution is -0.119. The number of carbonyl (C=O) groups excluding carboxylic acids is 1. The van der Waals surface area contributed by atoms with E-state index < -0.39 is 10.0 Å². The van der Waals surface area contributed by atoms with Crippen LogP contribution in [-0.4, -0.2) is 33.7 Å². The second kappa shape index (κ2) is 9.38. The molecule has 1 N–H and O–H groups in total. The van der Waals surface area contributed by atoms with Crippen LogP contribution in [0.5, 0.6) is 0 Å². The van der Waals surface area contributed by atoms with Crippen molar-refractivity contribution in [3.63, 3.8) is 0 Å². The Kier molecular flexibility index (Phi) is 7.21. The minimum atomic E-state index is -3.53. The molecule has 2 aromatic rings. The van der Waals surface area contributed by atoms with Gasteiger partial charge in [0.2, 0.25) is 15.9 Å². The molecule has 5 nitrogen and oxygen atoms in total. The van der Waals surface area contributed by atoms with Gasteiger partial charge in [0, 0.05) is 6.54 Å². The van der Waals surface area contributed by atoms with Crippen molar-refractivity contribution in [2.45, 2.75) is 26.2 Å². The molecule has 0 saturated carbocycles. The first-order valence-electron chi connectivity index (χ1n) is 8.77. The zero-order valence-corrected chi connectivity index (χ0v) is 16.1. The van der Waals surface area contributed by atoms with Gasteiger partial charge >= 0.3 is 0 Å².